The molecule has 20 heavy (non-hydrogen) atoms. The monoisotopic (exact) mass is 318 g/mol. The van der Waals surface area contributed by atoms with Crippen molar-refractivity contribution >= 4 is 16.3 Å². The first-order valence-electron chi connectivity index (χ1n) is 5.31. The summed E-state index contributed by atoms with van der Waals surface area (Å²) in [5.74, 6) is -3.78. The van der Waals surface area contributed by atoms with E-state index in [4.69, 9.17) is 0 Å². The van der Waals surface area contributed by atoms with Gasteiger partial charge in [-0.25, -0.2) is 4.98 Å². The van der Waals surface area contributed by atoms with Gasteiger partial charge >= 0.3 is 12.4 Å². The minimum absolute atomic E-state index is 0.0251. The third kappa shape index (κ3) is 3.06. The van der Waals surface area contributed by atoms with Gasteiger partial charge in [-0.2, -0.15) is 26.3 Å². The van der Waals surface area contributed by atoms with Gasteiger partial charge in [-0.1, -0.05) is 0 Å². The fraction of sp³-hybridized carbons (Fsp3) is 0.500. The largest absolute Gasteiger partial charge is 0.403 e. The lowest BCUT2D eigenvalue weighted by Gasteiger charge is -2.26. The number of thiazole rings is 1. The molecule has 0 radical (unpaired) electrons. The summed E-state index contributed by atoms with van der Waals surface area (Å²) in [7, 11) is 0. The smallest absolute Gasteiger partial charge is 0.392 e. The predicted octanol–water partition coefficient (Wildman–Crippen LogP) is 3.04. The molecule has 0 bridgehead atoms. The Balaban J connectivity index is 2.20. The van der Waals surface area contributed by atoms with Gasteiger partial charge < -0.3 is 5.11 Å². The number of aromatic nitrogens is 2. The van der Waals surface area contributed by atoms with E-state index < -0.39 is 30.8 Å². The predicted molar refractivity (Wildman–Crippen MR) is 58.4 cm³/mol. The first-order chi connectivity index (χ1) is 9.09. The van der Waals surface area contributed by atoms with Crippen LogP contribution in [0.15, 0.2) is 17.8 Å². The second-order valence-electron chi connectivity index (χ2n) is 4.16. The molecule has 2 aromatic heterocycles. The van der Waals surface area contributed by atoms with Crippen LogP contribution in [0.1, 0.15) is 5.69 Å². The highest BCUT2D eigenvalue weighted by Gasteiger charge is 2.60. The van der Waals surface area contributed by atoms with Crippen molar-refractivity contribution in [2.75, 3.05) is 0 Å². The molecule has 2 rings (SSSR count). The number of hydrogen-bond acceptors (Lipinski definition) is 3. The van der Waals surface area contributed by atoms with Crippen LogP contribution >= 0.6 is 11.3 Å². The molecule has 0 aliphatic heterocycles. The van der Waals surface area contributed by atoms with Crippen LogP contribution < -0.4 is 0 Å². The van der Waals surface area contributed by atoms with Gasteiger partial charge in [-0.3, -0.25) is 4.40 Å². The van der Waals surface area contributed by atoms with Gasteiger partial charge in [0.1, 0.15) is 0 Å². The summed E-state index contributed by atoms with van der Waals surface area (Å²) in [4.78, 5) is 4.28. The number of hydrogen-bond donors (Lipinski definition) is 1. The number of fused-ring (bicyclic) bond motifs is 1. The van der Waals surface area contributed by atoms with Crippen LogP contribution in [0.5, 0.6) is 0 Å². The highest BCUT2D eigenvalue weighted by molar-refractivity contribution is 7.15. The fourth-order valence-electron chi connectivity index (χ4n) is 1.83. The molecule has 0 saturated heterocycles. The molecule has 2 heterocycles. The Morgan fingerprint density at radius 1 is 1.20 bits per heavy atom. The Labute approximate surface area is 112 Å². The van der Waals surface area contributed by atoms with Crippen LogP contribution in [0.4, 0.5) is 26.3 Å². The maximum absolute atomic E-state index is 12.4. The molecule has 1 unspecified atom stereocenters. The van der Waals surface area contributed by atoms with Gasteiger partial charge in [-0.15, -0.1) is 11.3 Å². The maximum Gasteiger partial charge on any atom is 0.403 e. The zero-order chi connectivity index (χ0) is 15.1. The van der Waals surface area contributed by atoms with Crippen LogP contribution in [-0.4, -0.2) is 32.9 Å². The summed E-state index contributed by atoms with van der Waals surface area (Å²) < 4.78 is 75.9. The molecule has 0 aliphatic rings. The van der Waals surface area contributed by atoms with E-state index in [9.17, 15) is 31.4 Å². The van der Waals surface area contributed by atoms with Crippen molar-refractivity contribution in [3.63, 3.8) is 0 Å². The third-order valence-corrected chi connectivity index (χ3v) is 3.42. The Kier molecular flexibility index (Phi) is 3.71. The lowest BCUT2D eigenvalue weighted by Crippen LogP contribution is -2.45. The van der Waals surface area contributed by atoms with E-state index in [1.54, 1.807) is 11.6 Å². The quantitative estimate of drug-likeness (QED) is 0.883. The van der Waals surface area contributed by atoms with E-state index in [0.29, 0.717) is 4.96 Å². The van der Waals surface area contributed by atoms with E-state index in [1.807, 2.05) is 0 Å². The molecule has 1 atom stereocenters. The Morgan fingerprint density at radius 3 is 2.30 bits per heavy atom. The highest BCUT2D eigenvalue weighted by atomic mass is 32.1. The highest BCUT2D eigenvalue weighted by Crippen LogP contribution is 2.42. The summed E-state index contributed by atoms with van der Waals surface area (Å²) in [5.41, 5.74) is -0.0251. The molecule has 3 nitrogen and oxygen atoms in total. The molecule has 0 aromatic carbocycles. The van der Waals surface area contributed by atoms with Crippen molar-refractivity contribution in [3.8, 4) is 0 Å². The van der Waals surface area contributed by atoms with Crippen molar-refractivity contribution in [2.24, 2.45) is 5.92 Å². The summed E-state index contributed by atoms with van der Waals surface area (Å²) in [6.45, 7) is 0. The van der Waals surface area contributed by atoms with Gasteiger partial charge in [0.05, 0.1) is 11.8 Å². The summed E-state index contributed by atoms with van der Waals surface area (Å²) >= 11 is 1.18. The molecule has 112 valence electrons. The standard InChI is InChI=1S/C10H8F6N2OS/c11-9(12,13)7(10(14,15)16)6(19)3-5-4-18-1-2-20-8(18)17-5/h1-2,4,6-7,19H,3H2. The van der Waals surface area contributed by atoms with Gasteiger partial charge in [-0.05, 0) is 0 Å². The SMILES string of the molecule is OC(Cc1cn2ccsc2n1)C(C(F)(F)F)C(F)(F)F. The summed E-state index contributed by atoms with van der Waals surface area (Å²) in [6, 6.07) is 0. The van der Waals surface area contributed by atoms with Crippen LogP contribution in [0.25, 0.3) is 4.96 Å². The number of aliphatic hydroxyl groups excluding tert-OH is 1. The van der Waals surface area contributed by atoms with Gasteiger partial charge in [0.2, 0.25) is 0 Å². The van der Waals surface area contributed by atoms with Crippen LogP contribution in [-0.2, 0) is 6.42 Å². The van der Waals surface area contributed by atoms with Crippen molar-refractivity contribution in [1.29, 1.82) is 0 Å². The Bertz CT molecular complexity index is 544. The molecule has 0 fully saturated rings. The minimum atomic E-state index is -5.56. The van der Waals surface area contributed by atoms with Crippen molar-refractivity contribution in [3.05, 3.63) is 23.5 Å². The van der Waals surface area contributed by atoms with E-state index in [-0.39, 0.29) is 5.69 Å². The van der Waals surface area contributed by atoms with Crippen molar-refractivity contribution in [2.45, 2.75) is 24.9 Å². The molecule has 0 saturated carbocycles. The minimum Gasteiger partial charge on any atom is -0.392 e. The topological polar surface area (TPSA) is 37.5 Å². The Hall–Kier alpha value is -1.29. The average Bonchev–Trinajstić information content (AvgIpc) is 2.71. The normalized spacial score (nSPS) is 15.2. The lowest BCUT2D eigenvalue weighted by atomic mass is 9.97. The van der Waals surface area contributed by atoms with E-state index in [0.717, 1.165) is 0 Å². The molecule has 0 aliphatic carbocycles. The number of nitrogens with zero attached hydrogens (tertiary/aromatic N) is 2. The molecular formula is C10H8F6N2OS. The van der Waals surface area contributed by atoms with Gasteiger partial charge in [0.25, 0.3) is 0 Å². The van der Waals surface area contributed by atoms with Gasteiger partial charge in [0, 0.05) is 24.2 Å². The van der Waals surface area contributed by atoms with Crippen LogP contribution in [0.2, 0.25) is 0 Å². The number of aliphatic hydroxyl groups is 1. The first-order valence-corrected chi connectivity index (χ1v) is 6.19. The Morgan fingerprint density at radius 2 is 1.80 bits per heavy atom. The molecule has 1 N–H and O–H groups in total. The molecule has 0 spiro atoms. The van der Waals surface area contributed by atoms with Crippen molar-refractivity contribution < 1.29 is 31.4 Å². The first kappa shape index (κ1) is 15.1. The zero-order valence-corrected chi connectivity index (χ0v) is 10.4. The fourth-order valence-corrected chi connectivity index (χ4v) is 2.55. The second kappa shape index (κ2) is 4.92. The van der Waals surface area contributed by atoms with Crippen LogP contribution in [0, 0.1) is 5.92 Å². The number of halogens is 6. The average molecular weight is 318 g/mol. The third-order valence-electron chi connectivity index (χ3n) is 2.65. The molecular weight excluding hydrogens is 310 g/mol. The van der Waals surface area contributed by atoms with E-state index in [2.05, 4.69) is 4.98 Å². The van der Waals surface area contributed by atoms with E-state index >= 15 is 0 Å². The van der Waals surface area contributed by atoms with E-state index in [1.165, 1.54) is 21.9 Å². The zero-order valence-electron chi connectivity index (χ0n) is 9.61. The van der Waals surface area contributed by atoms with Gasteiger partial charge in [0.15, 0.2) is 10.9 Å². The van der Waals surface area contributed by atoms with Crippen LogP contribution in [0.3, 0.4) is 0 Å². The maximum atomic E-state index is 12.4. The lowest BCUT2D eigenvalue weighted by molar-refractivity contribution is -0.305. The second-order valence-corrected chi connectivity index (χ2v) is 5.03. The van der Waals surface area contributed by atoms with Crippen molar-refractivity contribution in [1.82, 2.24) is 9.38 Å². The molecule has 2 aromatic rings. The number of rotatable bonds is 3. The molecule has 10 heteroatoms. The summed E-state index contributed by atoms with van der Waals surface area (Å²) in [5, 5.41) is 11.0. The summed E-state index contributed by atoms with van der Waals surface area (Å²) in [6.07, 6.45) is -11.7. The molecule has 0 amide bonds. The number of alkyl halides is 6. The number of imidazole rings is 1.